The Morgan fingerprint density at radius 3 is 1.68 bits per heavy atom. The zero-order valence-electron chi connectivity index (χ0n) is 15.6. The molecule has 0 aliphatic heterocycles. The van der Waals surface area contributed by atoms with Gasteiger partial charge in [0, 0.05) is 18.9 Å². The maximum absolute atomic E-state index is 11.2. The van der Waals surface area contributed by atoms with E-state index in [1.165, 1.54) is 7.11 Å². The third kappa shape index (κ3) is 16.0. The quantitative estimate of drug-likeness (QED) is 0.179. The summed E-state index contributed by atoms with van der Waals surface area (Å²) in [4.78, 5) is 32.8. The largest absolute Gasteiger partial charge is 2.00 e. The van der Waals surface area contributed by atoms with Gasteiger partial charge < -0.3 is 12.3 Å². The number of rotatable bonds is 12. The van der Waals surface area contributed by atoms with Gasteiger partial charge in [-0.15, -0.1) is 0 Å². The zero-order chi connectivity index (χ0) is 15.9. The summed E-state index contributed by atoms with van der Waals surface area (Å²) in [7, 11) is 1.41. The van der Waals surface area contributed by atoms with Gasteiger partial charge in [-0.3, -0.25) is 9.59 Å². The van der Waals surface area contributed by atoms with Crippen molar-refractivity contribution < 1.29 is 26.7 Å². The Hall–Kier alpha value is -0.390. The van der Waals surface area contributed by atoms with E-state index in [9.17, 15) is 14.4 Å². The summed E-state index contributed by atoms with van der Waals surface area (Å²) in [6.45, 7) is 3.23. The molecule has 6 heteroatoms. The van der Waals surface area contributed by atoms with Crippen LogP contribution in [-0.2, 0) is 23.9 Å². The summed E-state index contributed by atoms with van der Waals surface area (Å²) < 4.78 is 9.04. The molecule has 0 fully saturated rings. The van der Waals surface area contributed by atoms with Crippen LogP contribution in [0.1, 0.15) is 67.1 Å². The van der Waals surface area contributed by atoms with Gasteiger partial charge in [-0.05, 0) is 12.8 Å². The molecule has 0 aromatic carbocycles. The molecule has 0 aromatic rings. The van der Waals surface area contributed by atoms with Crippen LogP contribution in [0.5, 0.6) is 0 Å². The van der Waals surface area contributed by atoms with Crippen LogP contribution in [0.4, 0.5) is 0 Å². The van der Waals surface area contributed by atoms with E-state index in [4.69, 9.17) is 0 Å². The van der Waals surface area contributed by atoms with E-state index in [1.807, 2.05) is 0 Å². The minimum absolute atomic E-state index is 0. The van der Waals surface area contributed by atoms with Gasteiger partial charge in [0.25, 0.3) is 0 Å². The molecule has 0 N–H and O–H groups in total. The Labute approximate surface area is 165 Å². The molecule has 0 rings (SSSR count). The molecule has 5 nitrogen and oxygen atoms in total. The van der Waals surface area contributed by atoms with Crippen molar-refractivity contribution in [3.05, 3.63) is 12.7 Å². The minimum atomic E-state index is -0.688. The molecule has 0 amide bonds. The predicted molar refractivity (Wildman–Crippen MR) is 87.5 cm³/mol. The molecule has 0 saturated carbocycles. The summed E-state index contributed by atoms with van der Waals surface area (Å²) in [6, 6.07) is 0. The number of hydrogen-bond acceptors (Lipinski definition) is 5. The van der Waals surface area contributed by atoms with E-state index in [2.05, 4.69) is 16.1 Å². The molecule has 22 heavy (non-hydrogen) atoms. The first kappa shape index (κ1) is 23.9. The SMILES string of the molecule is C=CC(=O)OC(=O)CCCCCCCCCCC(=O)OC.[Ca+2].[H-].[H-]. The van der Waals surface area contributed by atoms with Crippen molar-refractivity contribution in [2.75, 3.05) is 7.11 Å². The summed E-state index contributed by atoms with van der Waals surface area (Å²) >= 11 is 0. The standard InChI is InChI=1S/C16H26O5.Ca.2H/c1-3-14(17)21-16(19)13-11-9-7-5-4-6-8-10-12-15(18)20-2;;;/h3H,1,4-13H2,2H3;;;/q;+2;2*-1. The van der Waals surface area contributed by atoms with Crippen LogP contribution >= 0.6 is 0 Å². The van der Waals surface area contributed by atoms with Gasteiger partial charge in [0.15, 0.2) is 0 Å². The molecule has 0 aliphatic rings. The first-order valence-electron chi connectivity index (χ1n) is 7.54. The Kier molecular flexibility index (Phi) is 18.4. The first-order valence-corrected chi connectivity index (χ1v) is 7.54. The Balaban J connectivity index is -0.000000667. The van der Waals surface area contributed by atoms with Gasteiger partial charge in [-0.25, -0.2) is 4.79 Å². The summed E-state index contributed by atoms with van der Waals surface area (Å²) in [5, 5.41) is 0. The Morgan fingerprint density at radius 2 is 1.27 bits per heavy atom. The molecule has 0 radical (unpaired) electrons. The van der Waals surface area contributed by atoms with Crippen molar-refractivity contribution in [3.63, 3.8) is 0 Å². The number of ether oxygens (including phenoxy) is 2. The van der Waals surface area contributed by atoms with Crippen LogP contribution in [-0.4, -0.2) is 62.8 Å². The number of carbonyl (C=O) groups excluding carboxylic acids is 3. The molecular formula is C16H28CaO5. The maximum Gasteiger partial charge on any atom is 2.00 e. The predicted octanol–water partition coefficient (Wildman–Crippen LogP) is 3.16. The van der Waals surface area contributed by atoms with Crippen molar-refractivity contribution in [1.82, 2.24) is 0 Å². The van der Waals surface area contributed by atoms with E-state index in [-0.39, 0.29) is 53.0 Å². The van der Waals surface area contributed by atoms with Crippen molar-refractivity contribution in [2.24, 2.45) is 0 Å². The molecule has 0 unspecified atom stereocenters. The molecule has 0 aromatic heterocycles. The second kappa shape index (κ2) is 17.0. The van der Waals surface area contributed by atoms with Crippen molar-refractivity contribution in [2.45, 2.75) is 64.2 Å². The summed E-state index contributed by atoms with van der Waals surface area (Å²) in [5.41, 5.74) is 0. The van der Waals surface area contributed by atoms with Crippen LogP contribution in [0.25, 0.3) is 0 Å². The smallest absolute Gasteiger partial charge is 1.00 e. The molecule has 0 aliphatic carbocycles. The fourth-order valence-electron chi connectivity index (χ4n) is 1.91. The fraction of sp³-hybridized carbons (Fsp3) is 0.688. The number of methoxy groups -OCH3 is 1. The third-order valence-corrected chi connectivity index (χ3v) is 3.12. The van der Waals surface area contributed by atoms with Crippen molar-refractivity contribution in [1.29, 1.82) is 0 Å². The average Bonchev–Trinajstić information content (AvgIpc) is 2.48. The van der Waals surface area contributed by atoms with Crippen LogP contribution in [0.15, 0.2) is 12.7 Å². The van der Waals surface area contributed by atoms with Crippen molar-refractivity contribution in [3.8, 4) is 0 Å². The van der Waals surface area contributed by atoms with Crippen LogP contribution < -0.4 is 0 Å². The number of carbonyl (C=O) groups is 3. The van der Waals surface area contributed by atoms with Gasteiger partial charge in [-0.1, -0.05) is 45.1 Å². The molecule has 124 valence electrons. The van der Waals surface area contributed by atoms with E-state index in [0.29, 0.717) is 6.42 Å². The number of hydrogen-bond donors (Lipinski definition) is 0. The number of esters is 3. The second-order valence-electron chi connectivity index (χ2n) is 4.90. The van der Waals surface area contributed by atoms with Gasteiger partial charge in [0.05, 0.1) is 7.11 Å². The number of unbranched alkanes of at least 4 members (excludes halogenated alkanes) is 7. The average molecular weight is 340 g/mol. The molecule has 0 saturated heterocycles. The Bertz CT molecular complexity index is 351. The summed E-state index contributed by atoms with van der Waals surface area (Å²) in [5.74, 6) is -1.31. The topological polar surface area (TPSA) is 69.7 Å². The minimum Gasteiger partial charge on any atom is -1.00 e. The molecule has 0 spiro atoms. The maximum atomic E-state index is 11.2. The monoisotopic (exact) mass is 340 g/mol. The molecular weight excluding hydrogens is 312 g/mol. The van der Waals surface area contributed by atoms with E-state index >= 15 is 0 Å². The van der Waals surface area contributed by atoms with Crippen molar-refractivity contribution >= 4 is 55.6 Å². The van der Waals surface area contributed by atoms with Gasteiger partial charge in [0.1, 0.15) is 0 Å². The normalized spacial score (nSPS) is 9.50. The van der Waals surface area contributed by atoms with Crippen LogP contribution in [0.3, 0.4) is 0 Å². The van der Waals surface area contributed by atoms with E-state index in [0.717, 1.165) is 57.4 Å². The van der Waals surface area contributed by atoms with Crippen LogP contribution in [0.2, 0.25) is 0 Å². The van der Waals surface area contributed by atoms with E-state index < -0.39 is 11.9 Å². The van der Waals surface area contributed by atoms with Gasteiger partial charge in [0.2, 0.25) is 0 Å². The molecule has 0 heterocycles. The first-order chi connectivity index (χ1) is 10.1. The third-order valence-electron chi connectivity index (χ3n) is 3.12. The Morgan fingerprint density at radius 1 is 0.864 bits per heavy atom. The van der Waals surface area contributed by atoms with Gasteiger partial charge in [-0.2, -0.15) is 0 Å². The van der Waals surface area contributed by atoms with E-state index in [1.54, 1.807) is 0 Å². The molecule has 0 atom stereocenters. The second-order valence-corrected chi connectivity index (χ2v) is 4.90. The van der Waals surface area contributed by atoms with Gasteiger partial charge >= 0.3 is 55.6 Å². The summed E-state index contributed by atoms with van der Waals surface area (Å²) in [6.07, 6.45) is 9.84. The van der Waals surface area contributed by atoms with Crippen LogP contribution in [0, 0.1) is 0 Å². The molecule has 0 bridgehead atoms. The fourth-order valence-corrected chi connectivity index (χ4v) is 1.91. The zero-order valence-corrected chi connectivity index (χ0v) is 15.8.